The van der Waals surface area contributed by atoms with Gasteiger partial charge in [-0.2, -0.15) is 0 Å². The van der Waals surface area contributed by atoms with Gasteiger partial charge in [0.2, 0.25) is 0 Å². The molecule has 1 amide bonds. The first kappa shape index (κ1) is 22.1. The Hall–Kier alpha value is -3.15. The number of Topliss-reactive ketones (excluding diaryl/α,β-unsaturated/α-hetero) is 1. The molecule has 0 radical (unpaired) electrons. The van der Waals surface area contributed by atoms with Crippen molar-refractivity contribution < 1.29 is 19.1 Å². The average Bonchev–Trinajstić information content (AvgIpc) is 3.06. The van der Waals surface area contributed by atoms with E-state index in [0.29, 0.717) is 21.8 Å². The Kier molecular flexibility index (Phi) is 6.04. The number of hydrogen-bond donors (Lipinski definition) is 1. The molecule has 0 aliphatic carbocycles. The normalized spacial score (nSPS) is 17.8. The first-order valence-electron chi connectivity index (χ1n) is 9.92. The van der Waals surface area contributed by atoms with Gasteiger partial charge in [0.05, 0.1) is 21.7 Å². The second kappa shape index (κ2) is 8.77. The lowest BCUT2D eigenvalue weighted by atomic mass is 9.94. The summed E-state index contributed by atoms with van der Waals surface area (Å²) in [6.45, 7) is 2.01. The summed E-state index contributed by atoms with van der Waals surface area (Å²) in [6, 6.07) is 16.1. The smallest absolute Gasteiger partial charge is 0.300 e. The molecule has 1 unspecified atom stereocenters. The first-order valence-corrected chi connectivity index (χ1v) is 10.7. The van der Waals surface area contributed by atoms with Crippen LogP contribution in [0.4, 0.5) is 10.1 Å². The number of benzene rings is 3. The molecule has 3 aromatic carbocycles. The molecule has 4 rings (SSSR count). The minimum Gasteiger partial charge on any atom is -0.507 e. The molecular weight excluding hydrogens is 452 g/mol. The number of aryl methyl sites for hydroxylation is 1. The Bertz CT molecular complexity index is 1240. The van der Waals surface area contributed by atoms with E-state index < -0.39 is 23.5 Å². The molecule has 0 saturated carbocycles. The van der Waals surface area contributed by atoms with Crippen molar-refractivity contribution in [2.45, 2.75) is 19.4 Å². The van der Waals surface area contributed by atoms with Crippen LogP contribution in [-0.4, -0.2) is 16.8 Å². The van der Waals surface area contributed by atoms with E-state index >= 15 is 0 Å². The number of aliphatic hydroxyl groups excluding tert-OH is 1. The van der Waals surface area contributed by atoms with Gasteiger partial charge >= 0.3 is 0 Å². The first-order chi connectivity index (χ1) is 15.3. The summed E-state index contributed by atoms with van der Waals surface area (Å²) in [5, 5.41) is 11.6. The summed E-state index contributed by atoms with van der Waals surface area (Å²) in [5.41, 5.74) is 2.17. The van der Waals surface area contributed by atoms with Crippen LogP contribution in [0.3, 0.4) is 0 Å². The van der Waals surface area contributed by atoms with Gasteiger partial charge in [-0.25, -0.2) is 4.39 Å². The second-order valence-electron chi connectivity index (χ2n) is 7.37. The minimum absolute atomic E-state index is 0.0862. The van der Waals surface area contributed by atoms with Crippen molar-refractivity contribution in [3.05, 3.63) is 105 Å². The molecule has 7 heteroatoms. The predicted molar refractivity (Wildman–Crippen MR) is 123 cm³/mol. The van der Waals surface area contributed by atoms with E-state index in [9.17, 15) is 19.1 Å². The highest BCUT2D eigenvalue weighted by Crippen LogP contribution is 2.43. The van der Waals surface area contributed by atoms with Crippen LogP contribution >= 0.6 is 23.2 Å². The number of amides is 1. The molecular formula is C25H18Cl2FNO3. The van der Waals surface area contributed by atoms with Crippen LogP contribution in [0, 0.1) is 5.82 Å². The summed E-state index contributed by atoms with van der Waals surface area (Å²) < 4.78 is 13.6. The van der Waals surface area contributed by atoms with Gasteiger partial charge in [0.25, 0.3) is 11.7 Å². The van der Waals surface area contributed by atoms with Gasteiger partial charge in [0.15, 0.2) is 0 Å². The monoisotopic (exact) mass is 469 g/mol. The SMILES string of the molecule is CCc1ccc(/C(O)=C2\C(=O)C(=O)N(c3ccc(Cl)c(Cl)c3)C2c2ccc(F)cc2)cc1. The molecule has 1 atom stereocenters. The van der Waals surface area contributed by atoms with Crippen LogP contribution in [-0.2, 0) is 16.0 Å². The minimum atomic E-state index is -0.973. The fourth-order valence-electron chi connectivity index (χ4n) is 3.75. The summed E-state index contributed by atoms with van der Waals surface area (Å²) in [5.74, 6) is -2.44. The third-order valence-corrected chi connectivity index (χ3v) is 6.19. The van der Waals surface area contributed by atoms with E-state index in [1.165, 1.54) is 41.3 Å². The van der Waals surface area contributed by atoms with Crippen molar-refractivity contribution in [1.82, 2.24) is 0 Å². The zero-order valence-electron chi connectivity index (χ0n) is 17.0. The molecule has 1 saturated heterocycles. The molecule has 0 aromatic heterocycles. The Morgan fingerprint density at radius 3 is 2.22 bits per heavy atom. The van der Waals surface area contributed by atoms with Gasteiger partial charge in [-0.3, -0.25) is 14.5 Å². The number of aliphatic hydroxyl groups is 1. The standard InChI is InChI=1S/C25H18Cl2FNO3/c1-2-14-3-5-16(6-4-14)23(30)21-22(15-7-9-17(28)10-8-15)29(25(32)24(21)31)18-11-12-19(26)20(27)13-18/h3-13,22,30H,2H2,1H3/b23-21+. The summed E-state index contributed by atoms with van der Waals surface area (Å²) in [6.07, 6.45) is 0.818. The molecule has 32 heavy (non-hydrogen) atoms. The maximum Gasteiger partial charge on any atom is 0.300 e. The van der Waals surface area contributed by atoms with Gasteiger partial charge in [-0.05, 0) is 47.9 Å². The third-order valence-electron chi connectivity index (χ3n) is 5.45. The van der Waals surface area contributed by atoms with Crippen LogP contribution in [0.2, 0.25) is 10.0 Å². The number of hydrogen-bond acceptors (Lipinski definition) is 3. The topological polar surface area (TPSA) is 57.6 Å². The Balaban J connectivity index is 1.92. The van der Waals surface area contributed by atoms with Gasteiger partial charge < -0.3 is 5.11 Å². The average molecular weight is 470 g/mol. The number of ketones is 1. The zero-order valence-corrected chi connectivity index (χ0v) is 18.5. The van der Waals surface area contributed by atoms with Crippen molar-refractivity contribution in [1.29, 1.82) is 0 Å². The van der Waals surface area contributed by atoms with Crippen molar-refractivity contribution in [2.24, 2.45) is 0 Å². The van der Waals surface area contributed by atoms with E-state index in [0.717, 1.165) is 12.0 Å². The number of rotatable bonds is 4. The van der Waals surface area contributed by atoms with E-state index in [1.54, 1.807) is 18.2 Å². The lowest BCUT2D eigenvalue weighted by Gasteiger charge is -2.25. The Morgan fingerprint density at radius 1 is 0.969 bits per heavy atom. The second-order valence-corrected chi connectivity index (χ2v) is 8.18. The summed E-state index contributed by atoms with van der Waals surface area (Å²) in [7, 11) is 0. The lowest BCUT2D eigenvalue weighted by Crippen LogP contribution is -2.29. The van der Waals surface area contributed by atoms with Gasteiger partial charge in [-0.1, -0.05) is 66.5 Å². The molecule has 162 valence electrons. The molecule has 3 aromatic rings. The van der Waals surface area contributed by atoms with Gasteiger partial charge in [0, 0.05) is 11.3 Å². The lowest BCUT2D eigenvalue weighted by molar-refractivity contribution is -0.132. The summed E-state index contributed by atoms with van der Waals surface area (Å²) >= 11 is 12.2. The van der Waals surface area contributed by atoms with E-state index in [4.69, 9.17) is 23.2 Å². The van der Waals surface area contributed by atoms with E-state index in [1.807, 2.05) is 19.1 Å². The summed E-state index contributed by atoms with van der Waals surface area (Å²) in [4.78, 5) is 27.4. The molecule has 0 bridgehead atoms. The molecule has 1 heterocycles. The number of carbonyl (C=O) groups excluding carboxylic acids is 2. The molecule has 1 aliphatic rings. The highest BCUT2D eigenvalue weighted by atomic mass is 35.5. The maximum atomic E-state index is 13.6. The van der Waals surface area contributed by atoms with Crippen LogP contribution in [0.15, 0.2) is 72.3 Å². The van der Waals surface area contributed by atoms with Crippen LogP contribution in [0.1, 0.15) is 29.7 Å². The predicted octanol–water partition coefficient (Wildman–Crippen LogP) is 6.32. The van der Waals surface area contributed by atoms with Crippen LogP contribution < -0.4 is 4.90 Å². The maximum absolute atomic E-state index is 13.6. The van der Waals surface area contributed by atoms with E-state index in [-0.39, 0.29) is 16.4 Å². The van der Waals surface area contributed by atoms with E-state index in [2.05, 4.69) is 0 Å². The van der Waals surface area contributed by atoms with Crippen molar-refractivity contribution in [3.8, 4) is 0 Å². The van der Waals surface area contributed by atoms with Crippen molar-refractivity contribution in [2.75, 3.05) is 4.90 Å². The van der Waals surface area contributed by atoms with Crippen molar-refractivity contribution >= 4 is 46.3 Å². The number of nitrogens with zero attached hydrogens (tertiary/aromatic N) is 1. The number of anilines is 1. The van der Waals surface area contributed by atoms with Crippen molar-refractivity contribution in [3.63, 3.8) is 0 Å². The largest absolute Gasteiger partial charge is 0.507 e. The fraction of sp³-hybridized carbons (Fsp3) is 0.120. The molecule has 1 fully saturated rings. The fourth-order valence-corrected chi connectivity index (χ4v) is 4.04. The highest BCUT2D eigenvalue weighted by molar-refractivity contribution is 6.52. The van der Waals surface area contributed by atoms with Gasteiger partial charge in [-0.15, -0.1) is 0 Å². The number of carbonyl (C=O) groups is 2. The Morgan fingerprint density at radius 2 is 1.62 bits per heavy atom. The molecule has 1 aliphatic heterocycles. The molecule has 1 N–H and O–H groups in total. The van der Waals surface area contributed by atoms with Crippen LogP contribution in [0.25, 0.3) is 5.76 Å². The molecule has 0 spiro atoms. The Labute approximate surface area is 194 Å². The van der Waals surface area contributed by atoms with Crippen LogP contribution in [0.5, 0.6) is 0 Å². The zero-order chi connectivity index (χ0) is 23.0. The highest BCUT2D eigenvalue weighted by Gasteiger charge is 2.47. The quantitative estimate of drug-likeness (QED) is 0.276. The number of halogens is 3. The third kappa shape index (κ3) is 3.90. The van der Waals surface area contributed by atoms with Gasteiger partial charge in [0.1, 0.15) is 11.6 Å². The molecule has 4 nitrogen and oxygen atoms in total.